The molecular weight excluding hydrogens is 487 g/mol. The Bertz CT molecular complexity index is 750. The molecule has 0 saturated carbocycles. The first-order chi connectivity index (χ1) is 10.9. The maximum Gasteiger partial charge on any atom is 2.00 e. The summed E-state index contributed by atoms with van der Waals surface area (Å²) in [6, 6.07) is 28.6. The van der Waals surface area contributed by atoms with Crippen molar-refractivity contribution in [3.8, 4) is 0 Å². The number of rotatable bonds is 5. The second-order valence-electron chi connectivity index (χ2n) is 5.06. The van der Waals surface area contributed by atoms with Crippen LogP contribution in [-0.4, -0.2) is 6.21 Å². The van der Waals surface area contributed by atoms with E-state index in [9.17, 15) is 0 Å². The Hall–Kier alpha value is -1.42. The molecule has 0 radical (unpaired) electrons. The average Bonchev–Trinajstić information content (AvgIpc) is 2.60. The van der Waals surface area contributed by atoms with Crippen molar-refractivity contribution in [2.45, 2.75) is 6.54 Å². The van der Waals surface area contributed by atoms with E-state index < -0.39 is 0 Å². The van der Waals surface area contributed by atoms with Gasteiger partial charge in [0, 0.05) is 18.4 Å². The minimum Gasteiger partial charge on any atom is -1.00 e. The number of aliphatic imine (C=N–C) groups is 1. The molecule has 0 atom stereocenters. The Balaban J connectivity index is 0.00000192. The van der Waals surface area contributed by atoms with Crippen molar-refractivity contribution in [1.29, 1.82) is 0 Å². The van der Waals surface area contributed by atoms with E-state index in [1.807, 2.05) is 54.7 Å². The topological polar surface area (TPSA) is 24.4 Å². The number of para-hydroxylation sites is 2. The molecule has 0 bridgehead atoms. The first kappa shape index (κ1) is 23.6. The summed E-state index contributed by atoms with van der Waals surface area (Å²) in [6.45, 7) is 0.803. The van der Waals surface area contributed by atoms with Crippen LogP contribution in [0.4, 0.5) is 11.4 Å². The zero-order chi connectivity index (χ0) is 15.0. The van der Waals surface area contributed by atoms with Crippen LogP contribution in [-0.2, 0) is 23.0 Å². The van der Waals surface area contributed by atoms with Gasteiger partial charge < -0.3 is 39.3 Å². The number of hydrogen-bond donors (Lipinski definition) is 1. The van der Waals surface area contributed by atoms with Crippen molar-refractivity contribution in [2.75, 3.05) is 5.32 Å². The van der Waals surface area contributed by atoms with Gasteiger partial charge in [0.15, 0.2) is 0 Å². The first-order valence-corrected chi connectivity index (χ1v) is 7.37. The third-order valence-corrected chi connectivity index (χ3v) is 3.34. The number of hydrogen-bond acceptors (Lipinski definition) is 2. The Kier molecular flexibility index (Phi) is 12.1. The molecule has 1 N–H and O–H groups in total. The van der Waals surface area contributed by atoms with E-state index in [2.05, 4.69) is 46.7 Å². The zero-order valence-electron chi connectivity index (χ0n) is 13.4. The Morgan fingerprint density at radius 2 is 1.40 bits per heavy atom. The van der Waals surface area contributed by atoms with Crippen molar-refractivity contribution in [3.05, 3.63) is 96.1 Å². The largest absolute Gasteiger partial charge is 2.00 e. The molecule has 2 nitrogen and oxygen atoms in total. The van der Waals surface area contributed by atoms with E-state index in [1.54, 1.807) is 0 Å². The number of nitrogens with one attached hydrogen (secondary N) is 1. The fraction of sp³-hybridized carbons (Fsp3) is 0.0500. The maximum absolute atomic E-state index is 4.49. The summed E-state index contributed by atoms with van der Waals surface area (Å²) in [4.78, 5) is 4.49. The van der Waals surface area contributed by atoms with Gasteiger partial charge in [0.1, 0.15) is 0 Å². The van der Waals surface area contributed by atoms with Gasteiger partial charge >= 0.3 is 16.5 Å². The molecule has 132 valence electrons. The van der Waals surface area contributed by atoms with Gasteiger partial charge in [-0.15, -0.1) is 0 Å². The van der Waals surface area contributed by atoms with Crippen molar-refractivity contribution >= 4 is 17.6 Å². The van der Waals surface area contributed by atoms with E-state index in [1.165, 1.54) is 5.56 Å². The molecule has 0 aromatic heterocycles. The zero-order valence-corrected chi connectivity index (χ0v) is 17.5. The predicted molar refractivity (Wildman–Crippen MR) is 93.9 cm³/mol. The SMILES string of the molecule is C(=Nc1ccccc1)c1cccc(CNc2ccccc2)c1.[Br-].[Br-].[Ni+2]. The van der Waals surface area contributed by atoms with Gasteiger partial charge in [-0.3, -0.25) is 4.99 Å². The summed E-state index contributed by atoms with van der Waals surface area (Å²) >= 11 is 0. The smallest absolute Gasteiger partial charge is 1.00 e. The molecule has 0 aliphatic heterocycles. The predicted octanol–water partition coefficient (Wildman–Crippen LogP) is -0.945. The maximum atomic E-state index is 4.49. The van der Waals surface area contributed by atoms with Crippen molar-refractivity contribution in [2.24, 2.45) is 4.99 Å². The first-order valence-electron chi connectivity index (χ1n) is 7.37. The van der Waals surface area contributed by atoms with Crippen LogP contribution in [0, 0.1) is 0 Å². The molecular formula is C20H18Br2N2Ni. The molecule has 3 aromatic carbocycles. The number of anilines is 1. The van der Waals surface area contributed by atoms with Gasteiger partial charge in [0.05, 0.1) is 5.69 Å². The molecule has 3 rings (SSSR count). The minimum atomic E-state index is 0. The number of benzene rings is 3. The molecule has 0 spiro atoms. The normalized spacial score (nSPS) is 9.44. The van der Waals surface area contributed by atoms with E-state index in [0.717, 1.165) is 23.5 Å². The summed E-state index contributed by atoms with van der Waals surface area (Å²) < 4.78 is 0. The standard InChI is InChI=1S/C20H18N2.2BrH.Ni/c1-3-10-19(11-4-1)21-15-17-8-7-9-18(14-17)16-22-20-12-5-2-6-13-20;;;/h1-15,22H,16H2;2*1H;/q;;;+2/p-2. The van der Waals surface area contributed by atoms with E-state index >= 15 is 0 Å². The second-order valence-corrected chi connectivity index (χ2v) is 5.06. The van der Waals surface area contributed by atoms with Gasteiger partial charge in [0.25, 0.3) is 0 Å². The minimum absolute atomic E-state index is 0. The monoisotopic (exact) mass is 502 g/mol. The molecule has 3 aromatic rings. The van der Waals surface area contributed by atoms with Gasteiger partial charge in [0.2, 0.25) is 0 Å². The van der Waals surface area contributed by atoms with Crippen molar-refractivity contribution in [3.63, 3.8) is 0 Å². The van der Waals surface area contributed by atoms with Gasteiger partial charge in [-0.05, 0) is 41.5 Å². The molecule has 0 aliphatic rings. The van der Waals surface area contributed by atoms with Crippen LogP contribution in [0.2, 0.25) is 0 Å². The quantitative estimate of drug-likeness (QED) is 0.352. The van der Waals surface area contributed by atoms with Crippen LogP contribution >= 0.6 is 0 Å². The molecule has 0 heterocycles. The fourth-order valence-corrected chi connectivity index (χ4v) is 2.21. The van der Waals surface area contributed by atoms with Crippen molar-refractivity contribution in [1.82, 2.24) is 0 Å². The molecule has 0 unspecified atom stereocenters. The van der Waals surface area contributed by atoms with Gasteiger partial charge in [-0.2, -0.15) is 0 Å². The molecule has 0 amide bonds. The molecule has 0 aliphatic carbocycles. The molecule has 0 saturated heterocycles. The van der Waals surface area contributed by atoms with E-state index in [4.69, 9.17) is 0 Å². The van der Waals surface area contributed by atoms with Crippen LogP contribution < -0.4 is 39.3 Å². The number of halogens is 2. The fourth-order valence-electron chi connectivity index (χ4n) is 2.21. The average molecular weight is 505 g/mol. The Morgan fingerprint density at radius 1 is 0.760 bits per heavy atom. The molecule has 5 heteroatoms. The van der Waals surface area contributed by atoms with Crippen molar-refractivity contribution < 1.29 is 50.5 Å². The third-order valence-electron chi connectivity index (χ3n) is 3.34. The van der Waals surface area contributed by atoms with Crippen LogP contribution in [0.1, 0.15) is 11.1 Å². The van der Waals surface area contributed by atoms with E-state index in [-0.39, 0.29) is 50.5 Å². The molecule has 0 fully saturated rings. The summed E-state index contributed by atoms with van der Waals surface area (Å²) in [7, 11) is 0. The van der Waals surface area contributed by atoms with Gasteiger partial charge in [-0.1, -0.05) is 54.6 Å². The molecule has 25 heavy (non-hydrogen) atoms. The van der Waals surface area contributed by atoms with Gasteiger partial charge in [-0.25, -0.2) is 0 Å². The second kappa shape index (κ2) is 12.9. The third kappa shape index (κ3) is 8.00. The van der Waals surface area contributed by atoms with Crippen LogP contribution in [0.25, 0.3) is 0 Å². The summed E-state index contributed by atoms with van der Waals surface area (Å²) in [5, 5.41) is 3.42. The number of nitrogens with zero attached hydrogens (tertiary/aromatic N) is 1. The Morgan fingerprint density at radius 3 is 2.08 bits per heavy atom. The van der Waals surface area contributed by atoms with Crippen LogP contribution in [0.5, 0.6) is 0 Å². The summed E-state index contributed by atoms with van der Waals surface area (Å²) in [5.41, 5.74) is 4.44. The Labute approximate surface area is 180 Å². The summed E-state index contributed by atoms with van der Waals surface area (Å²) in [5.74, 6) is 0. The van der Waals surface area contributed by atoms with E-state index in [0.29, 0.717) is 0 Å². The van der Waals surface area contributed by atoms with Crippen LogP contribution in [0.3, 0.4) is 0 Å². The summed E-state index contributed by atoms with van der Waals surface area (Å²) in [6.07, 6.45) is 1.90. The van der Waals surface area contributed by atoms with Crippen LogP contribution in [0.15, 0.2) is 89.9 Å².